The normalized spacial score (nSPS) is 14.9. The Balaban J connectivity index is 1.95. The quantitative estimate of drug-likeness (QED) is 0.636. The van der Waals surface area contributed by atoms with Gasteiger partial charge in [-0.1, -0.05) is 11.6 Å². The summed E-state index contributed by atoms with van der Waals surface area (Å²) in [6, 6.07) is 1.35. The lowest BCUT2D eigenvalue weighted by Gasteiger charge is -2.26. The van der Waals surface area contributed by atoms with Crippen LogP contribution in [0.15, 0.2) is 12.1 Å². The second kappa shape index (κ2) is 6.85. The van der Waals surface area contributed by atoms with E-state index >= 15 is 0 Å². The molecule has 7 heteroatoms. The molecule has 0 radical (unpaired) electrons. The smallest absolute Gasteiger partial charge is 0.340 e. The van der Waals surface area contributed by atoms with Crippen LogP contribution in [0.2, 0.25) is 5.02 Å². The van der Waals surface area contributed by atoms with Crippen molar-refractivity contribution in [3.05, 3.63) is 34.4 Å². The van der Waals surface area contributed by atoms with E-state index in [1.54, 1.807) is 4.90 Å². The zero-order valence-corrected chi connectivity index (χ0v) is 12.0. The van der Waals surface area contributed by atoms with Gasteiger partial charge in [-0.3, -0.25) is 4.79 Å². The summed E-state index contributed by atoms with van der Waals surface area (Å²) in [7, 11) is 0. The number of rotatable bonds is 3. The van der Waals surface area contributed by atoms with Gasteiger partial charge in [0.1, 0.15) is 0 Å². The molecule has 0 saturated carbocycles. The molecule has 0 spiro atoms. The molecule has 0 aromatic heterocycles. The van der Waals surface area contributed by atoms with Crippen molar-refractivity contribution < 1.29 is 23.1 Å². The Bertz CT molecular complexity index is 559. The van der Waals surface area contributed by atoms with Crippen LogP contribution in [-0.4, -0.2) is 36.5 Å². The van der Waals surface area contributed by atoms with Crippen LogP contribution < -0.4 is 0 Å². The summed E-state index contributed by atoms with van der Waals surface area (Å²) in [5.41, 5.74) is -0.304. The second-order valence-corrected chi connectivity index (χ2v) is 5.17. The number of esters is 1. The first-order valence-corrected chi connectivity index (χ1v) is 6.96. The van der Waals surface area contributed by atoms with Crippen molar-refractivity contribution in [1.29, 1.82) is 0 Å². The predicted octanol–water partition coefficient (Wildman–Crippen LogP) is 2.79. The first-order chi connectivity index (χ1) is 9.99. The van der Waals surface area contributed by atoms with Crippen LogP contribution in [0.25, 0.3) is 0 Å². The Morgan fingerprint density at radius 2 is 1.76 bits per heavy atom. The van der Waals surface area contributed by atoms with E-state index in [0.29, 0.717) is 25.2 Å². The molecule has 1 fully saturated rings. The third-order valence-electron chi connectivity index (χ3n) is 3.27. The van der Waals surface area contributed by atoms with Crippen molar-refractivity contribution in [3.8, 4) is 0 Å². The van der Waals surface area contributed by atoms with Crippen molar-refractivity contribution in [3.63, 3.8) is 0 Å². The fraction of sp³-hybridized carbons (Fsp3) is 0.429. The van der Waals surface area contributed by atoms with Crippen LogP contribution in [0, 0.1) is 11.6 Å². The summed E-state index contributed by atoms with van der Waals surface area (Å²) >= 11 is 5.66. The second-order valence-electron chi connectivity index (χ2n) is 4.76. The predicted molar refractivity (Wildman–Crippen MR) is 72.1 cm³/mol. The maximum atomic E-state index is 13.1. The molecular weight excluding hydrogens is 304 g/mol. The van der Waals surface area contributed by atoms with Crippen LogP contribution in [0.4, 0.5) is 8.78 Å². The summed E-state index contributed by atoms with van der Waals surface area (Å²) in [4.78, 5) is 25.2. The number of piperidine rings is 1. The molecule has 1 heterocycles. The van der Waals surface area contributed by atoms with Crippen molar-refractivity contribution >= 4 is 23.5 Å². The van der Waals surface area contributed by atoms with Gasteiger partial charge < -0.3 is 9.64 Å². The van der Waals surface area contributed by atoms with Crippen LogP contribution in [0.5, 0.6) is 0 Å². The van der Waals surface area contributed by atoms with Crippen LogP contribution in [0.3, 0.4) is 0 Å². The monoisotopic (exact) mass is 317 g/mol. The summed E-state index contributed by atoms with van der Waals surface area (Å²) < 4.78 is 30.8. The van der Waals surface area contributed by atoms with E-state index in [-0.39, 0.29) is 16.5 Å². The molecule has 2 rings (SSSR count). The van der Waals surface area contributed by atoms with E-state index in [1.165, 1.54) is 0 Å². The number of hydrogen-bond acceptors (Lipinski definition) is 3. The molecule has 0 N–H and O–H groups in total. The standard InChI is InChI=1S/C14H14ClF2NO3/c15-10-7-12(17)11(16)6-9(10)14(20)21-8-13(19)18-4-2-1-3-5-18/h6-7H,1-5,8H2. The van der Waals surface area contributed by atoms with Gasteiger partial charge in [-0.2, -0.15) is 0 Å². The van der Waals surface area contributed by atoms with Gasteiger partial charge in [0.05, 0.1) is 10.6 Å². The minimum absolute atomic E-state index is 0.260. The number of carbonyl (C=O) groups excluding carboxylic acids is 2. The molecule has 0 unspecified atom stereocenters. The Morgan fingerprint density at radius 3 is 2.43 bits per heavy atom. The molecule has 1 aliphatic rings. The van der Waals surface area contributed by atoms with E-state index in [2.05, 4.69) is 0 Å². The molecule has 1 saturated heterocycles. The van der Waals surface area contributed by atoms with Crippen molar-refractivity contribution in [1.82, 2.24) is 4.90 Å². The van der Waals surface area contributed by atoms with Crippen LogP contribution in [-0.2, 0) is 9.53 Å². The van der Waals surface area contributed by atoms with Crippen molar-refractivity contribution in [2.45, 2.75) is 19.3 Å². The van der Waals surface area contributed by atoms with Crippen LogP contribution >= 0.6 is 11.6 Å². The van der Waals surface area contributed by atoms with E-state index in [9.17, 15) is 18.4 Å². The van der Waals surface area contributed by atoms with Gasteiger partial charge in [-0.05, 0) is 31.4 Å². The third kappa shape index (κ3) is 3.91. The summed E-state index contributed by atoms with van der Waals surface area (Å²) in [5, 5.41) is -0.260. The molecule has 1 aromatic carbocycles. The highest BCUT2D eigenvalue weighted by Gasteiger charge is 2.20. The lowest BCUT2D eigenvalue weighted by molar-refractivity contribution is -0.135. The van der Waals surface area contributed by atoms with Gasteiger partial charge >= 0.3 is 5.97 Å². The van der Waals surface area contributed by atoms with Gasteiger partial charge in [0.2, 0.25) is 0 Å². The molecule has 0 bridgehead atoms. The maximum Gasteiger partial charge on any atom is 0.340 e. The molecule has 114 valence electrons. The van der Waals surface area contributed by atoms with Gasteiger partial charge in [-0.15, -0.1) is 0 Å². The van der Waals surface area contributed by atoms with Gasteiger partial charge in [0, 0.05) is 13.1 Å². The number of likely N-dealkylation sites (tertiary alicyclic amines) is 1. The Labute approximate surface area is 125 Å². The first-order valence-electron chi connectivity index (χ1n) is 6.58. The average molecular weight is 318 g/mol. The highest BCUT2D eigenvalue weighted by atomic mass is 35.5. The highest BCUT2D eigenvalue weighted by molar-refractivity contribution is 6.33. The van der Waals surface area contributed by atoms with Crippen molar-refractivity contribution in [2.24, 2.45) is 0 Å². The van der Waals surface area contributed by atoms with Crippen molar-refractivity contribution in [2.75, 3.05) is 19.7 Å². The lowest BCUT2D eigenvalue weighted by Crippen LogP contribution is -2.38. The van der Waals surface area contributed by atoms with E-state index < -0.39 is 24.2 Å². The molecule has 21 heavy (non-hydrogen) atoms. The summed E-state index contributed by atoms with van der Waals surface area (Å²) in [6.07, 6.45) is 2.93. The van der Waals surface area contributed by atoms with Gasteiger partial charge in [-0.25, -0.2) is 13.6 Å². The zero-order valence-electron chi connectivity index (χ0n) is 11.2. The summed E-state index contributed by atoms with van der Waals surface area (Å²) in [6.45, 7) is 0.846. The fourth-order valence-corrected chi connectivity index (χ4v) is 2.35. The number of benzene rings is 1. The van der Waals surface area contributed by atoms with E-state index in [0.717, 1.165) is 19.3 Å². The van der Waals surface area contributed by atoms with Gasteiger partial charge in [0.25, 0.3) is 5.91 Å². The number of ether oxygens (including phenoxy) is 1. The van der Waals surface area contributed by atoms with Crippen LogP contribution in [0.1, 0.15) is 29.6 Å². The zero-order chi connectivity index (χ0) is 15.4. The number of carbonyl (C=O) groups is 2. The Hall–Kier alpha value is -1.69. The maximum absolute atomic E-state index is 13.1. The highest BCUT2D eigenvalue weighted by Crippen LogP contribution is 2.21. The Morgan fingerprint density at radius 1 is 1.14 bits per heavy atom. The molecule has 0 aliphatic carbocycles. The topological polar surface area (TPSA) is 46.6 Å². The van der Waals surface area contributed by atoms with E-state index in [4.69, 9.17) is 16.3 Å². The first kappa shape index (κ1) is 15.7. The lowest BCUT2D eigenvalue weighted by atomic mass is 10.1. The molecule has 1 amide bonds. The molecule has 1 aromatic rings. The Kier molecular flexibility index (Phi) is 5.12. The fourth-order valence-electron chi connectivity index (χ4n) is 2.12. The largest absolute Gasteiger partial charge is 0.452 e. The SMILES string of the molecule is O=C(OCC(=O)N1CCCCC1)c1cc(F)c(F)cc1Cl. The van der Waals surface area contributed by atoms with E-state index in [1.807, 2.05) is 0 Å². The minimum atomic E-state index is -1.20. The number of halogens is 3. The number of amides is 1. The average Bonchev–Trinajstić information content (AvgIpc) is 2.49. The minimum Gasteiger partial charge on any atom is -0.452 e. The third-order valence-corrected chi connectivity index (χ3v) is 3.58. The molecule has 4 nitrogen and oxygen atoms in total. The molecular formula is C14H14ClF2NO3. The number of hydrogen-bond donors (Lipinski definition) is 0. The molecule has 0 atom stereocenters. The number of nitrogens with zero attached hydrogens (tertiary/aromatic N) is 1. The van der Waals surface area contributed by atoms with Gasteiger partial charge in [0.15, 0.2) is 18.2 Å². The summed E-state index contributed by atoms with van der Waals surface area (Å²) in [5.74, 6) is -3.61. The molecule has 1 aliphatic heterocycles.